The van der Waals surface area contributed by atoms with Crippen LogP contribution < -0.4 is 9.47 Å². The van der Waals surface area contributed by atoms with Gasteiger partial charge in [0.05, 0.1) is 25.8 Å². The molecule has 0 aliphatic carbocycles. The van der Waals surface area contributed by atoms with Gasteiger partial charge in [0.15, 0.2) is 11.5 Å². The number of carbonyl (C=O) groups excluding carboxylic acids is 2. The number of rotatable bonds is 8. The molecule has 0 bridgehead atoms. The van der Waals surface area contributed by atoms with E-state index in [4.69, 9.17) is 9.47 Å². The molecule has 1 unspecified atom stereocenters. The molecule has 33 heavy (non-hydrogen) atoms. The standard InChI is InChI=1S/C25H33N3O5/c1-14-15(2)26-16(3)20(14)23(29)21-22(17-9-10-18(32-6)19(13-17)33-7)28(25(31)24(21)30)12-8-11-27(4)5/h9-10,13,22,26,29H,8,11-12H2,1-7H3/b23-21+. The van der Waals surface area contributed by atoms with E-state index in [0.717, 1.165) is 23.5 Å². The SMILES string of the molecule is COc1ccc(C2/C(=C(\O)c3c(C)[nH]c(C)c3C)C(=O)C(=O)N2CCCN(C)C)cc1OC. The number of likely N-dealkylation sites (tertiary alicyclic amines) is 1. The van der Waals surface area contributed by atoms with Crippen molar-refractivity contribution in [2.75, 3.05) is 41.4 Å². The second kappa shape index (κ2) is 9.70. The van der Waals surface area contributed by atoms with Crippen molar-refractivity contribution in [2.45, 2.75) is 33.2 Å². The number of hydrogen-bond donors (Lipinski definition) is 2. The molecule has 1 aliphatic heterocycles. The Kier molecular flexibility index (Phi) is 7.17. The number of methoxy groups -OCH3 is 2. The minimum absolute atomic E-state index is 0.0854. The Morgan fingerprint density at radius 1 is 1.09 bits per heavy atom. The molecule has 1 saturated heterocycles. The molecular weight excluding hydrogens is 422 g/mol. The quantitative estimate of drug-likeness (QED) is 0.360. The van der Waals surface area contributed by atoms with Gasteiger partial charge in [-0.15, -0.1) is 0 Å². The summed E-state index contributed by atoms with van der Waals surface area (Å²) in [5, 5.41) is 11.4. The average Bonchev–Trinajstić information content (AvgIpc) is 3.18. The van der Waals surface area contributed by atoms with Crippen LogP contribution in [0.5, 0.6) is 11.5 Å². The van der Waals surface area contributed by atoms with Gasteiger partial charge in [-0.2, -0.15) is 0 Å². The second-order valence-corrected chi connectivity index (χ2v) is 8.64. The van der Waals surface area contributed by atoms with Gasteiger partial charge in [0.25, 0.3) is 11.7 Å². The molecule has 8 heteroatoms. The number of aryl methyl sites for hydroxylation is 2. The smallest absolute Gasteiger partial charge is 0.295 e. The van der Waals surface area contributed by atoms with E-state index in [1.54, 1.807) is 30.2 Å². The number of hydrogen-bond acceptors (Lipinski definition) is 6. The van der Waals surface area contributed by atoms with E-state index in [0.29, 0.717) is 35.6 Å². The van der Waals surface area contributed by atoms with E-state index in [-0.39, 0.29) is 11.3 Å². The Labute approximate surface area is 194 Å². The van der Waals surface area contributed by atoms with Gasteiger partial charge in [-0.3, -0.25) is 9.59 Å². The van der Waals surface area contributed by atoms with Crippen molar-refractivity contribution in [3.05, 3.63) is 51.9 Å². The first-order valence-corrected chi connectivity index (χ1v) is 10.9. The number of H-pyrrole nitrogens is 1. The molecule has 0 saturated carbocycles. The summed E-state index contributed by atoms with van der Waals surface area (Å²) in [6, 6.07) is 4.56. The lowest BCUT2D eigenvalue weighted by molar-refractivity contribution is -0.139. The zero-order chi connectivity index (χ0) is 24.4. The molecule has 0 radical (unpaired) electrons. The number of aliphatic hydroxyl groups is 1. The number of carbonyl (C=O) groups is 2. The van der Waals surface area contributed by atoms with Crippen molar-refractivity contribution >= 4 is 17.4 Å². The van der Waals surface area contributed by atoms with Crippen LogP contribution in [0.2, 0.25) is 0 Å². The van der Waals surface area contributed by atoms with Crippen LogP contribution in [0.25, 0.3) is 5.76 Å². The number of aromatic amines is 1. The molecule has 3 rings (SSSR count). The molecule has 0 spiro atoms. The van der Waals surface area contributed by atoms with Gasteiger partial charge >= 0.3 is 0 Å². The van der Waals surface area contributed by atoms with Gasteiger partial charge in [0, 0.05) is 23.5 Å². The minimum Gasteiger partial charge on any atom is -0.507 e. The minimum atomic E-state index is -0.735. The summed E-state index contributed by atoms with van der Waals surface area (Å²) in [5.41, 5.74) is 3.80. The molecule has 1 atom stereocenters. The second-order valence-electron chi connectivity index (χ2n) is 8.64. The van der Waals surface area contributed by atoms with Crippen LogP contribution >= 0.6 is 0 Å². The molecule has 2 aromatic rings. The van der Waals surface area contributed by atoms with Crippen LogP contribution in [0.4, 0.5) is 0 Å². The average molecular weight is 456 g/mol. The lowest BCUT2D eigenvalue weighted by Gasteiger charge is -2.26. The summed E-state index contributed by atoms with van der Waals surface area (Å²) < 4.78 is 10.8. The van der Waals surface area contributed by atoms with E-state index in [2.05, 4.69) is 4.98 Å². The number of ether oxygens (including phenoxy) is 2. The Morgan fingerprint density at radius 2 is 1.76 bits per heavy atom. The fourth-order valence-electron chi connectivity index (χ4n) is 4.43. The summed E-state index contributed by atoms with van der Waals surface area (Å²) in [4.78, 5) is 33.1. The number of benzene rings is 1. The van der Waals surface area contributed by atoms with Crippen molar-refractivity contribution in [3.63, 3.8) is 0 Å². The van der Waals surface area contributed by atoms with Gasteiger partial charge in [-0.25, -0.2) is 0 Å². The van der Waals surface area contributed by atoms with Gasteiger partial charge in [0.1, 0.15) is 5.76 Å². The highest BCUT2D eigenvalue weighted by atomic mass is 16.5. The summed E-state index contributed by atoms with van der Waals surface area (Å²) >= 11 is 0. The van der Waals surface area contributed by atoms with E-state index < -0.39 is 17.7 Å². The van der Waals surface area contributed by atoms with E-state index >= 15 is 0 Å². The molecule has 1 amide bonds. The number of nitrogens with one attached hydrogen (secondary N) is 1. The molecular formula is C25H33N3O5. The lowest BCUT2D eigenvalue weighted by Crippen LogP contribution is -2.32. The van der Waals surface area contributed by atoms with Crippen molar-refractivity contribution in [1.29, 1.82) is 0 Å². The summed E-state index contributed by atoms with van der Waals surface area (Å²) in [6.07, 6.45) is 0.686. The topological polar surface area (TPSA) is 95.1 Å². The van der Waals surface area contributed by atoms with E-state index in [1.165, 1.54) is 7.11 Å². The number of ketones is 1. The number of amides is 1. The first-order valence-electron chi connectivity index (χ1n) is 10.9. The maximum absolute atomic E-state index is 13.2. The van der Waals surface area contributed by atoms with Crippen molar-refractivity contribution < 1.29 is 24.2 Å². The van der Waals surface area contributed by atoms with E-state index in [1.807, 2.05) is 39.8 Å². The first kappa shape index (κ1) is 24.4. The maximum Gasteiger partial charge on any atom is 0.295 e. The van der Waals surface area contributed by atoms with Gasteiger partial charge in [-0.05, 0) is 71.1 Å². The molecule has 1 aromatic heterocycles. The number of aromatic nitrogens is 1. The van der Waals surface area contributed by atoms with E-state index in [9.17, 15) is 14.7 Å². The highest BCUT2D eigenvalue weighted by Gasteiger charge is 2.46. The van der Waals surface area contributed by atoms with Crippen LogP contribution in [0.1, 0.15) is 40.5 Å². The Balaban J connectivity index is 2.20. The normalized spacial score (nSPS) is 17.8. The number of nitrogens with zero attached hydrogens (tertiary/aromatic N) is 2. The third kappa shape index (κ3) is 4.48. The van der Waals surface area contributed by atoms with Crippen molar-refractivity contribution in [3.8, 4) is 11.5 Å². The summed E-state index contributed by atoms with van der Waals surface area (Å²) in [5.74, 6) is -0.437. The summed E-state index contributed by atoms with van der Waals surface area (Å²) in [6.45, 7) is 6.77. The Bertz CT molecular complexity index is 1100. The third-order valence-corrected chi connectivity index (χ3v) is 6.19. The van der Waals surface area contributed by atoms with Gasteiger partial charge in [-0.1, -0.05) is 6.07 Å². The Morgan fingerprint density at radius 3 is 2.30 bits per heavy atom. The predicted molar refractivity (Wildman–Crippen MR) is 127 cm³/mol. The van der Waals surface area contributed by atoms with Crippen LogP contribution in [0, 0.1) is 20.8 Å². The highest BCUT2D eigenvalue weighted by Crippen LogP contribution is 2.43. The molecule has 1 aliphatic rings. The first-order chi connectivity index (χ1) is 15.6. The van der Waals surface area contributed by atoms with Crippen LogP contribution in [-0.4, -0.2) is 73.0 Å². The monoisotopic (exact) mass is 455 g/mol. The molecule has 1 aromatic carbocycles. The fourth-order valence-corrected chi connectivity index (χ4v) is 4.43. The molecule has 1 fully saturated rings. The van der Waals surface area contributed by atoms with Crippen molar-refractivity contribution in [1.82, 2.24) is 14.8 Å². The maximum atomic E-state index is 13.2. The van der Waals surface area contributed by atoms with Crippen LogP contribution in [-0.2, 0) is 9.59 Å². The van der Waals surface area contributed by atoms with Gasteiger partial charge < -0.3 is 29.4 Å². The van der Waals surface area contributed by atoms with Crippen LogP contribution in [0.3, 0.4) is 0 Å². The highest BCUT2D eigenvalue weighted by molar-refractivity contribution is 6.46. The number of aliphatic hydroxyl groups excluding tert-OH is 1. The van der Waals surface area contributed by atoms with Crippen molar-refractivity contribution in [2.24, 2.45) is 0 Å². The lowest BCUT2D eigenvalue weighted by atomic mass is 9.93. The largest absolute Gasteiger partial charge is 0.507 e. The number of Topliss-reactive ketones (excluding diaryl/α,β-unsaturated/α-hetero) is 1. The fraction of sp³-hybridized carbons (Fsp3) is 0.440. The Hall–Kier alpha value is -3.26. The van der Waals surface area contributed by atoms with Gasteiger partial charge in [0.2, 0.25) is 0 Å². The summed E-state index contributed by atoms with van der Waals surface area (Å²) in [7, 11) is 7.00. The zero-order valence-corrected chi connectivity index (χ0v) is 20.4. The molecule has 2 N–H and O–H groups in total. The van der Waals surface area contributed by atoms with Crippen LogP contribution in [0.15, 0.2) is 23.8 Å². The zero-order valence-electron chi connectivity index (χ0n) is 20.4. The third-order valence-electron chi connectivity index (χ3n) is 6.19. The molecule has 178 valence electrons. The predicted octanol–water partition coefficient (Wildman–Crippen LogP) is 3.33. The molecule has 2 heterocycles. The molecule has 8 nitrogen and oxygen atoms in total.